The molecule has 0 spiro atoms. The molecule has 0 radical (unpaired) electrons. The van der Waals surface area contributed by atoms with Gasteiger partial charge in [-0.15, -0.1) is 0 Å². The molecule has 4 heterocycles. The monoisotopic (exact) mass is 429 g/mol. The van der Waals surface area contributed by atoms with Crippen molar-refractivity contribution >= 4 is 16.7 Å². The van der Waals surface area contributed by atoms with Crippen LogP contribution in [0.1, 0.15) is 37.5 Å². The van der Waals surface area contributed by atoms with E-state index in [-0.39, 0.29) is 18.0 Å². The Balaban J connectivity index is 1.39. The number of ether oxygens (including phenoxy) is 1. The van der Waals surface area contributed by atoms with Crippen LogP contribution in [0.2, 0.25) is 0 Å². The molecule has 1 saturated carbocycles. The lowest BCUT2D eigenvalue weighted by Crippen LogP contribution is -2.26. The highest BCUT2D eigenvalue weighted by molar-refractivity contribution is 5.93. The maximum atomic E-state index is 8.98. The van der Waals surface area contributed by atoms with Gasteiger partial charge in [-0.25, -0.2) is 9.97 Å². The van der Waals surface area contributed by atoms with E-state index in [1.807, 2.05) is 38.8 Å². The number of nitrogens with one attached hydrogen (secondary N) is 1. The summed E-state index contributed by atoms with van der Waals surface area (Å²) < 4.78 is 9.93. The first-order valence-electron chi connectivity index (χ1n) is 10.6. The number of nitrogens with zero attached hydrogens (tertiary/aromatic N) is 8. The topological polar surface area (TPSA) is 119 Å². The van der Waals surface area contributed by atoms with E-state index in [1.54, 1.807) is 16.9 Å². The van der Waals surface area contributed by atoms with Gasteiger partial charge >= 0.3 is 0 Å². The fourth-order valence-corrected chi connectivity index (χ4v) is 4.24. The second-order valence-corrected chi connectivity index (χ2v) is 7.91. The summed E-state index contributed by atoms with van der Waals surface area (Å²) in [4.78, 5) is 12.5. The summed E-state index contributed by atoms with van der Waals surface area (Å²) in [5.74, 6) is 1.38. The van der Waals surface area contributed by atoms with Gasteiger partial charge in [0.05, 0.1) is 17.8 Å². The predicted molar refractivity (Wildman–Crippen MR) is 118 cm³/mol. The molecule has 10 nitrogen and oxygen atoms in total. The summed E-state index contributed by atoms with van der Waals surface area (Å²) in [6.07, 6.45) is 10.9. The minimum Gasteiger partial charge on any atom is -0.474 e. The lowest BCUT2D eigenvalue weighted by molar-refractivity contribution is 0.125. The average Bonchev–Trinajstić information content (AvgIpc) is 3.42. The van der Waals surface area contributed by atoms with E-state index in [0.29, 0.717) is 5.88 Å². The van der Waals surface area contributed by atoms with Crippen molar-refractivity contribution in [1.82, 2.24) is 34.5 Å². The Morgan fingerprint density at radius 3 is 2.75 bits per heavy atom. The second kappa shape index (κ2) is 8.26. The molecule has 0 amide bonds. The van der Waals surface area contributed by atoms with Gasteiger partial charge in [0.15, 0.2) is 0 Å². The highest BCUT2D eigenvalue weighted by Gasteiger charge is 2.27. The molecule has 0 saturated heterocycles. The van der Waals surface area contributed by atoms with Gasteiger partial charge < -0.3 is 10.1 Å². The first-order valence-corrected chi connectivity index (χ1v) is 10.6. The van der Waals surface area contributed by atoms with Crippen LogP contribution in [0.4, 0.5) is 5.82 Å². The lowest BCUT2D eigenvalue weighted by Gasteiger charge is -2.29. The van der Waals surface area contributed by atoms with Gasteiger partial charge in [-0.1, -0.05) is 0 Å². The Morgan fingerprint density at radius 2 is 2.03 bits per heavy atom. The van der Waals surface area contributed by atoms with Crippen molar-refractivity contribution in [2.75, 3.05) is 12.4 Å². The SMILES string of the molecule is CNc1cc2c(cn1)c(-c1cnn(C)c1)nn2[C@H]1CC[C@@H](Oc2ccnc(C#N)n2)CC1. The Morgan fingerprint density at radius 1 is 1.19 bits per heavy atom. The molecule has 5 rings (SSSR count). The number of rotatable bonds is 5. The Labute approximate surface area is 184 Å². The van der Waals surface area contributed by atoms with Gasteiger partial charge in [-0.2, -0.15) is 20.4 Å². The number of pyridine rings is 1. The third-order valence-corrected chi connectivity index (χ3v) is 5.83. The quantitative estimate of drug-likeness (QED) is 0.514. The summed E-state index contributed by atoms with van der Waals surface area (Å²) >= 11 is 0. The number of hydrogen-bond donors (Lipinski definition) is 1. The third kappa shape index (κ3) is 3.73. The standard InChI is InChI=1S/C22H23N9O/c1-24-19-9-18-17(12-26-19)22(14-11-27-30(2)13-14)29-31(18)15-3-5-16(6-4-15)32-21-7-8-25-20(10-23)28-21/h7-9,11-13,15-16H,3-6H2,1-2H3,(H,24,26)/t15-,16+. The number of aromatic nitrogens is 7. The van der Waals surface area contributed by atoms with Crippen LogP contribution in [0.25, 0.3) is 22.2 Å². The van der Waals surface area contributed by atoms with E-state index in [9.17, 15) is 0 Å². The van der Waals surface area contributed by atoms with Gasteiger partial charge in [-0.05, 0) is 25.7 Å². The van der Waals surface area contributed by atoms with Gasteiger partial charge in [0.25, 0.3) is 0 Å². The Bertz CT molecular complexity index is 1290. The minimum atomic E-state index is 0.0573. The zero-order chi connectivity index (χ0) is 22.1. The van der Waals surface area contributed by atoms with Crippen molar-refractivity contribution in [3.63, 3.8) is 0 Å². The van der Waals surface area contributed by atoms with Gasteiger partial charge in [-0.3, -0.25) is 9.36 Å². The maximum absolute atomic E-state index is 8.98. The van der Waals surface area contributed by atoms with Gasteiger partial charge in [0.2, 0.25) is 11.7 Å². The molecule has 10 heteroatoms. The van der Waals surface area contributed by atoms with E-state index >= 15 is 0 Å². The van der Waals surface area contributed by atoms with Crippen LogP contribution < -0.4 is 10.1 Å². The zero-order valence-corrected chi connectivity index (χ0v) is 17.9. The van der Waals surface area contributed by atoms with Crippen molar-refractivity contribution in [2.45, 2.75) is 37.8 Å². The molecule has 1 aliphatic carbocycles. The van der Waals surface area contributed by atoms with E-state index < -0.39 is 0 Å². The highest BCUT2D eigenvalue weighted by atomic mass is 16.5. The van der Waals surface area contributed by atoms with E-state index in [1.165, 1.54) is 0 Å². The number of nitriles is 1. The summed E-state index contributed by atoms with van der Waals surface area (Å²) in [6, 6.07) is 5.95. The van der Waals surface area contributed by atoms with E-state index in [4.69, 9.17) is 15.1 Å². The van der Waals surface area contributed by atoms with Gasteiger partial charge in [0.1, 0.15) is 23.7 Å². The predicted octanol–water partition coefficient (Wildman–Crippen LogP) is 3.10. The summed E-state index contributed by atoms with van der Waals surface area (Å²) in [7, 11) is 3.77. The fourth-order valence-electron chi connectivity index (χ4n) is 4.24. The largest absolute Gasteiger partial charge is 0.474 e. The van der Waals surface area contributed by atoms with Crippen molar-refractivity contribution in [1.29, 1.82) is 5.26 Å². The number of aryl methyl sites for hydroxylation is 1. The number of fused-ring (bicyclic) bond motifs is 1. The lowest BCUT2D eigenvalue weighted by atomic mass is 9.93. The van der Waals surface area contributed by atoms with Crippen molar-refractivity contribution in [2.24, 2.45) is 7.05 Å². The summed E-state index contributed by atoms with van der Waals surface area (Å²) in [5, 5.41) is 22.4. The minimum absolute atomic E-state index is 0.0573. The van der Waals surface area contributed by atoms with E-state index in [2.05, 4.69) is 36.1 Å². The third-order valence-electron chi connectivity index (χ3n) is 5.83. The van der Waals surface area contributed by atoms with Crippen LogP contribution in [0.3, 0.4) is 0 Å². The fraction of sp³-hybridized carbons (Fsp3) is 0.364. The molecule has 4 aromatic heterocycles. The normalized spacial score (nSPS) is 18.4. The molecular formula is C22H23N9O. The summed E-state index contributed by atoms with van der Waals surface area (Å²) in [6.45, 7) is 0. The smallest absolute Gasteiger partial charge is 0.235 e. The van der Waals surface area contributed by atoms with E-state index in [0.717, 1.165) is 53.7 Å². The maximum Gasteiger partial charge on any atom is 0.235 e. The van der Waals surface area contributed by atoms with Crippen molar-refractivity contribution in [3.05, 3.63) is 42.7 Å². The molecule has 0 aliphatic heterocycles. The molecule has 32 heavy (non-hydrogen) atoms. The van der Waals surface area contributed by atoms with Crippen molar-refractivity contribution in [3.8, 4) is 23.2 Å². The van der Waals surface area contributed by atoms with Crippen LogP contribution in [0, 0.1) is 11.3 Å². The Kier molecular flexibility index (Phi) is 5.15. The molecule has 0 unspecified atom stereocenters. The van der Waals surface area contributed by atoms with Crippen molar-refractivity contribution < 1.29 is 4.74 Å². The zero-order valence-electron chi connectivity index (χ0n) is 17.9. The molecular weight excluding hydrogens is 406 g/mol. The first-order chi connectivity index (χ1) is 15.6. The van der Waals surface area contributed by atoms with Gasteiger partial charge in [0, 0.05) is 55.8 Å². The average molecular weight is 429 g/mol. The van der Waals surface area contributed by atoms with Crippen LogP contribution in [-0.2, 0) is 7.05 Å². The molecule has 0 bridgehead atoms. The molecule has 4 aromatic rings. The number of hydrogen-bond acceptors (Lipinski definition) is 8. The highest BCUT2D eigenvalue weighted by Crippen LogP contribution is 2.36. The molecule has 0 atom stereocenters. The molecule has 162 valence electrons. The van der Waals surface area contributed by atoms with Crippen LogP contribution >= 0.6 is 0 Å². The van der Waals surface area contributed by atoms with Crippen LogP contribution in [0.5, 0.6) is 5.88 Å². The summed E-state index contributed by atoms with van der Waals surface area (Å²) in [5.41, 5.74) is 2.93. The molecule has 1 N–H and O–H groups in total. The number of anilines is 1. The molecule has 1 fully saturated rings. The Hall–Kier alpha value is -4.00. The molecule has 0 aromatic carbocycles. The molecule has 1 aliphatic rings. The second-order valence-electron chi connectivity index (χ2n) is 7.91. The van der Waals surface area contributed by atoms with Crippen LogP contribution in [-0.4, -0.2) is 47.7 Å². The van der Waals surface area contributed by atoms with Crippen LogP contribution in [0.15, 0.2) is 36.9 Å². The first kappa shape index (κ1) is 19.9.